The minimum Gasteiger partial charge on any atom is -0.449 e. The third-order valence-electron chi connectivity index (χ3n) is 7.06. The summed E-state index contributed by atoms with van der Waals surface area (Å²) in [7, 11) is 0. The Morgan fingerprint density at radius 1 is 1.06 bits per heavy atom. The van der Waals surface area contributed by atoms with Gasteiger partial charge in [0.15, 0.2) is 0 Å². The first-order valence-electron chi connectivity index (χ1n) is 11.7. The van der Waals surface area contributed by atoms with Gasteiger partial charge in [-0.3, -0.25) is 10.1 Å². The highest BCUT2D eigenvalue weighted by Crippen LogP contribution is 2.48. The number of amides is 2. The molecule has 1 spiro atoms. The quantitative estimate of drug-likeness (QED) is 0.506. The van der Waals surface area contributed by atoms with Crippen LogP contribution in [-0.2, 0) is 15.7 Å². The molecule has 1 aliphatic carbocycles. The normalized spacial score (nSPS) is 22.7. The van der Waals surface area contributed by atoms with Gasteiger partial charge in [0, 0.05) is 18.8 Å². The molecular formula is C26H29F3N2O3. The molecule has 0 bridgehead atoms. The molecule has 34 heavy (non-hydrogen) atoms. The summed E-state index contributed by atoms with van der Waals surface area (Å²) in [5.74, 6) is 0.713. The first-order chi connectivity index (χ1) is 16.3. The number of halogens is 3. The van der Waals surface area contributed by atoms with Gasteiger partial charge < -0.3 is 9.64 Å². The third-order valence-corrected chi connectivity index (χ3v) is 7.06. The van der Waals surface area contributed by atoms with E-state index in [0.29, 0.717) is 25.4 Å². The van der Waals surface area contributed by atoms with E-state index < -0.39 is 17.8 Å². The second kappa shape index (κ2) is 10.1. The number of rotatable bonds is 6. The Balaban J connectivity index is 1.19. The molecule has 2 amide bonds. The average Bonchev–Trinajstić information content (AvgIpc) is 3.12. The maximum Gasteiger partial charge on any atom is 0.416 e. The van der Waals surface area contributed by atoms with Crippen LogP contribution in [0.25, 0.3) is 0 Å². The number of anilines is 1. The number of ether oxygens (including phenoxy) is 1. The van der Waals surface area contributed by atoms with Crippen molar-refractivity contribution in [2.75, 3.05) is 25.0 Å². The zero-order valence-corrected chi connectivity index (χ0v) is 18.9. The van der Waals surface area contributed by atoms with Crippen molar-refractivity contribution >= 4 is 17.7 Å². The molecule has 8 heteroatoms. The largest absolute Gasteiger partial charge is 0.449 e. The van der Waals surface area contributed by atoms with E-state index >= 15 is 0 Å². The van der Waals surface area contributed by atoms with Gasteiger partial charge in [-0.25, -0.2) is 4.79 Å². The molecule has 2 fully saturated rings. The maximum atomic E-state index is 13.1. The number of hydrogen-bond donors (Lipinski definition) is 1. The van der Waals surface area contributed by atoms with Crippen LogP contribution in [0.4, 0.5) is 23.7 Å². The number of likely N-dealkylation sites (tertiary alicyclic amines) is 1. The lowest BCUT2D eigenvalue weighted by Gasteiger charge is -2.36. The van der Waals surface area contributed by atoms with E-state index in [1.165, 1.54) is 17.7 Å². The van der Waals surface area contributed by atoms with Gasteiger partial charge in [0.1, 0.15) is 0 Å². The Kier molecular flexibility index (Phi) is 7.14. The SMILES string of the molecule is O=C(Nc1cccc(C(F)(F)F)c1)OCCCN1CCC2(CCC(c3ccccc3)CC2)C1=O. The van der Waals surface area contributed by atoms with E-state index in [9.17, 15) is 22.8 Å². The molecule has 2 aliphatic rings. The van der Waals surface area contributed by atoms with Crippen LogP contribution in [-0.4, -0.2) is 36.6 Å². The van der Waals surface area contributed by atoms with Gasteiger partial charge >= 0.3 is 12.3 Å². The number of alkyl halides is 3. The predicted molar refractivity (Wildman–Crippen MR) is 122 cm³/mol. The van der Waals surface area contributed by atoms with E-state index in [1.54, 1.807) is 0 Å². The summed E-state index contributed by atoms with van der Waals surface area (Å²) in [5.41, 5.74) is 0.264. The van der Waals surface area contributed by atoms with E-state index in [2.05, 4.69) is 29.6 Å². The Morgan fingerprint density at radius 3 is 2.50 bits per heavy atom. The molecule has 0 unspecified atom stereocenters. The number of benzene rings is 2. The molecule has 1 heterocycles. The fourth-order valence-corrected chi connectivity index (χ4v) is 5.15. The highest BCUT2D eigenvalue weighted by molar-refractivity contribution is 5.85. The Morgan fingerprint density at radius 2 is 1.79 bits per heavy atom. The summed E-state index contributed by atoms with van der Waals surface area (Å²) in [6.07, 6.45) is -0.125. The Bertz CT molecular complexity index is 1000. The smallest absolute Gasteiger partial charge is 0.416 e. The fraction of sp³-hybridized carbons (Fsp3) is 0.462. The summed E-state index contributed by atoms with van der Waals surface area (Å²) in [6.45, 7) is 1.29. The summed E-state index contributed by atoms with van der Waals surface area (Å²) >= 11 is 0. The third kappa shape index (κ3) is 5.54. The topological polar surface area (TPSA) is 58.6 Å². The Hall–Kier alpha value is -3.03. The lowest BCUT2D eigenvalue weighted by molar-refractivity contribution is -0.138. The zero-order chi connectivity index (χ0) is 24.2. The van der Waals surface area contributed by atoms with Crippen molar-refractivity contribution in [1.82, 2.24) is 4.90 Å². The van der Waals surface area contributed by atoms with E-state index in [-0.39, 0.29) is 23.6 Å². The second-order valence-electron chi connectivity index (χ2n) is 9.20. The maximum absolute atomic E-state index is 13.1. The lowest BCUT2D eigenvalue weighted by Crippen LogP contribution is -2.37. The molecule has 0 atom stereocenters. The molecular weight excluding hydrogens is 445 g/mol. The number of hydrogen-bond acceptors (Lipinski definition) is 3. The van der Waals surface area contributed by atoms with Crippen molar-refractivity contribution in [1.29, 1.82) is 0 Å². The molecule has 5 nitrogen and oxygen atoms in total. The van der Waals surface area contributed by atoms with Crippen molar-refractivity contribution < 1.29 is 27.5 Å². The minimum atomic E-state index is -4.48. The Labute approximate surface area is 197 Å². The monoisotopic (exact) mass is 474 g/mol. The first-order valence-corrected chi connectivity index (χ1v) is 11.7. The van der Waals surface area contributed by atoms with Crippen molar-refractivity contribution in [3.05, 3.63) is 65.7 Å². The van der Waals surface area contributed by atoms with Gasteiger partial charge in [-0.2, -0.15) is 13.2 Å². The summed E-state index contributed by atoms with van der Waals surface area (Å²) < 4.78 is 43.5. The van der Waals surface area contributed by atoms with Crippen LogP contribution in [0.3, 0.4) is 0 Å². The van der Waals surface area contributed by atoms with Gasteiger partial charge in [-0.15, -0.1) is 0 Å². The van der Waals surface area contributed by atoms with Crippen LogP contribution >= 0.6 is 0 Å². The van der Waals surface area contributed by atoms with Crippen molar-refractivity contribution in [2.45, 2.75) is 50.6 Å². The van der Waals surface area contributed by atoms with E-state index in [4.69, 9.17) is 4.74 Å². The highest BCUT2D eigenvalue weighted by Gasteiger charge is 2.48. The average molecular weight is 475 g/mol. The van der Waals surface area contributed by atoms with Crippen molar-refractivity contribution in [2.24, 2.45) is 5.41 Å². The number of nitrogens with one attached hydrogen (secondary N) is 1. The van der Waals surface area contributed by atoms with Gasteiger partial charge in [-0.05, 0) is 68.2 Å². The van der Waals surface area contributed by atoms with Crippen LogP contribution in [0.5, 0.6) is 0 Å². The standard InChI is InChI=1S/C26H29F3N2O3/c27-26(28,29)21-8-4-9-22(18-21)30-24(33)34-17-5-15-31-16-14-25(23(31)32)12-10-20(11-13-25)19-6-2-1-3-7-19/h1-4,6-9,18,20H,5,10-17H2,(H,30,33). The molecule has 2 aromatic rings. The second-order valence-corrected chi connectivity index (χ2v) is 9.20. The minimum absolute atomic E-state index is 0.0163. The molecule has 4 rings (SSSR count). The predicted octanol–water partition coefficient (Wildman–Crippen LogP) is 6.22. The summed E-state index contributed by atoms with van der Waals surface area (Å²) in [4.78, 5) is 26.9. The number of carbonyl (C=O) groups is 2. The first kappa shape index (κ1) is 24.1. The van der Waals surface area contributed by atoms with Crippen LogP contribution < -0.4 is 5.32 Å². The summed E-state index contributed by atoms with van der Waals surface area (Å²) in [6, 6.07) is 14.8. The number of nitrogens with zero attached hydrogens (tertiary/aromatic N) is 1. The van der Waals surface area contributed by atoms with E-state index in [1.807, 2.05) is 11.0 Å². The molecule has 1 N–H and O–H groups in total. The molecule has 2 aromatic carbocycles. The van der Waals surface area contributed by atoms with Gasteiger partial charge in [0.2, 0.25) is 5.91 Å². The van der Waals surface area contributed by atoms with Gasteiger partial charge in [-0.1, -0.05) is 36.4 Å². The van der Waals surface area contributed by atoms with Crippen LogP contribution in [0.1, 0.15) is 55.6 Å². The molecule has 1 saturated heterocycles. The van der Waals surface area contributed by atoms with Gasteiger partial charge in [0.05, 0.1) is 17.6 Å². The van der Waals surface area contributed by atoms with Crippen LogP contribution in [0.2, 0.25) is 0 Å². The molecule has 0 aromatic heterocycles. The van der Waals surface area contributed by atoms with Crippen LogP contribution in [0, 0.1) is 5.41 Å². The molecule has 0 radical (unpaired) electrons. The van der Waals surface area contributed by atoms with E-state index in [0.717, 1.165) is 44.2 Å². The highest BCUT2D eigenvalue weighted by atomic mass is 19.4. The fourth-order valence-electron chi connectivity index (χ4n) is 5.15. The molecule has 1 saturated carbocycles. The van der Waals surface area contributed by atoms with Crippen molar-refractivity contribution in [3.8, 4) is 0 Å². The van der Waals surface area contributed by atoms with Gasteiger partial charge in [0.25, 0.3) is 0 Å². The molecule has 1 aliphatic heterocycles. The number of carbonyl (C=O) groups excluding carboxylic acids is 2. The lowest BCUT2D eigenvalue weighted by atomic mass is 9.68. The summed E-state index contributed by atoms with van der Waals surface area (Å²) in [5, 5.41) is 2.31. The van der Waals surface area contributed by atoms with Crippen LogP contribution in [0.15, 0.2) is 54.6 Å². The van der Waals surface area contributed by atoms with Crippen molar-refractivity contribution in [3.63, 3.8) is 0 Å². The zero-order valence-electron chi connectivity index (χ0n) is 18.9. The molecule has 182 valence electrons.